The number of fused-ring (bicyclic) bond motifs is 2. The molecule has 0 saturated carbocycles. The van der Waals surface area contributed by atoms with Gasteiger partial charge in [0.2, 0.25) is 0 Å². The molecule has 0 spiro atoms. The van der Waals surface area contributed by atoms with Crippen LogP contribution in [0.15, 0.2) is 39.7 Å². The summed E-state index contributed by atoms with van der Waals surface area (Å²) in [5.41, 5.74) is 4.78. The molecule has 6 heteroatoms. The van der Waals surface area contributed by atoms with E-state index in [0.717, 1.165) is 39.7 Å². The van der Waals surface area contributed by atoms with Crippen LogP contribution in [0.4, 0.5) is 5.69 Å². The Bertz CT molecular complexity index is 883. The first-order chi connectivity index (χ1) is 10.2. The van der Waals surface area contributed by atoms with Gasteiger partial charge in [-0.15, -0.1) is 0 Å². The summed E-state index contributed by atoms with van der Waals surface area (Å²) in [5, 5.41) is 3.52. The van der Waals surface area contributed by atoms with Gasteiger partial charge in [0.05, 0.1) is 28.5 Å². The number of imidazole rings is 1. The molecule has 1 atom stereocenters. The van der Waals surface area contributed by atoms with Gasteiger partial charge in [0, 0.05) is 10.7 Å². The molecule has 3 aromatic rings. The van der Waals surface area contributed by atoms with Crippen molar-refractivity contribution >= 4 is 32.7 Å². The lowest BCUT2D eigenvalue weighted by atomic mass is 10.2. The van der Waals surface area contributed by atoms with E-state index in [-0.39, 0.29) is 11.7 Å². The van der Waals surface area contributed by atoms with Gasteiger partial charge < -0.3 is 15.3 Å². The Morgan fingerprint density at radius 3 is 2.95 bits per heavy atom. The number of aryl methyl sites for hydroxylation is 1. The van der Waals surface area contributed by atoms with Gasteiger partial charge in [-0.05, 0) is 52.5 Å². The summed E-state index contributed by atoms with van der Waals surface area (Å²) in [7, 11) is 0. The molecule has 5 nitrogen and oxygen atoms in total. The predicted octanol–water partition coefficient (Wildman–Crippen LogP) is 3.11. The van der Waals surface area contributed by atoms with Crippen LogP contribution in [0.5, 0.6) is 0 Å². The van der Waals surface area contributed by atoms with Crippen molar-refractivity contribution in [2.75, 3.05) is 5.32 Å². The Labute approximate surface area is 128 Å². The van der Waals surface area contributed by atoms with E-state index in [4.69, 9.17) is 0 Å². The van der Waals surface area contributed by atoms with Crippen LogP contribution in [-0.4, -0.2) is 15.0 Å². The van der Waals surface area contributed by atoms with Gasteiger partial charge >= 0.3 is 5.69 Å². The van der Waals surface area contributed by atoms with Crippen molar-refractivity contribution in [3.05, 3.63) is 56.7 Å². The second-order valence-electron chi connectivity index (χ2n) is 5.24. The molecule has 2 aromatic heterocycles. The fraction of sp³-hybridized carbons (Fsp3) is 0.200. The molecule has 1 aliphatic rings. The first kappa shape index (κ1) is 12.6. The third-order valence-corrected chi connectivity index (χ3v) is 4.55. The van der Waals surface area contributed by atoms with Crippen molar-refractivity contribution in [2.45, 2.75) is 18.9 Å². The van der Waals surface area contributed by atoms with E-state index in [2.05, 4.69) is 42.3 Å². The minimum Gasteiger partial charge on any atom is -0.376 e. The molecule has 1 aromatic carbocycles. The first-order valence-corrected chi connectivity index (χ1v) is 7.62. The van der Waals surface area contributed by atoms with E-state index < -0.39 is 0 Å². The summed E-state index contributed by atoms with van der Waals surface area (Å²) in [6.45, 7) is 0. The molecule has 0 fully saturated rings. The van der Waals surface area contributed by atoms with Crippen LogP contribution in [0.1, 0.15) is 23.7 Å². The fourth-order valence-corrected chi connectivity index (χ4v) is 3.37. The molecule has 0 aliphatic heterocycles. The van der Waals surface area contributed by atoms with Crippen molar-refractivity contribution in [2.24, 2.45) is 0 Å². The number of hydrogen-bond donors (Lipinski definition) is 3. The van der Waals surface area contributed by atoms with E-state index in [9.17, 15) is 4.79 Å². The molecule has 0 amide bonds. The van der Waals surface area contributed by atoms with Gasteiger partial charge in [0.1, 0.15) is 0 Å². The molecular weight excluding hydrogens is 332 g/mol. The number of nitrogens with one attached hydrogen (secondary N) is 3. The summed E-state index contributed by atoms with van der Waals surface area (Å²) in [5.74, 6) is 0. The molecule has 21 heavy (non-hydrogen) atoms. The summed E-state index contributed by atoms with van der Waals surface area (Å²) in [6.07, 6.45) is 3.91. The highest BCUT2D eigenvalue weighted by Gasteiger charge is 2.24. The third kappa shape index (κ3) is 2.15. The first-order valence-electron chi connectivity index (χ1n) is 6.82. The normalized spacial score (nSPS) is 17.1. The summed E-state index contributed by atoms with van der Waals surface area (Å²) < 4.78 is 0.926. The molecule has 0 saturated heterocycles. The van der Waals surface area contributed by atoms with E-state index in [1.165, 1.54) is 5.56 Å². The second kappa shape index (κ2) is 4.73. The highest BCUT2D eigenvalue weighted by atomic mass is 79.9. The van der Waals surface area contributed by atoms with Crippen LogP contribution in [0, 0.1) is 0 Å². The van der Waals surface area contributed by atoms with E-state index >= 15 is 0 Å². The number of hydrogen-bond acceptors (Lipinski definition) is 3. The maximum Gasteiger partial charge on any atom is 0.323 e. The molecule has 3 N–H and O–H groups in total. The Morgan fingerprint density at radius 2 is 2.10 bits per heavy atom. The number of H-pyrrole nitrogens is 2. The summed E-state index contributed by atoms with van der Waals surface area (Å²) in [4.78, 5) is 21.4. The van der Waals surface area contributed by atoms with Gasteiger partial charge in [-0.25, -0.2) is 4.79 Å². The molecule has 1 aliphatic carbocycles. The number of rotatable bonds is 2. The Hall–Kier alpha value is -2.08. The number of aromatic amines is 2. The average molecular weight is 345 g/mol. The lowest BCUT2D eigenvalue weighted by Crippen LogP contribution is -2.09. The smallest absolute Gasteiger partial charge is 0.323 e. The van der Waals surface area contributed by atoms with Crippen molar-refractivity contribution in [1.29, 1.82) is 0 Å². The average Bonchev–Trinajstić information content (AvgIpc) is 3.02. The highest BCUT2D eigenvalue weighted by Crippen LogP contribution is 2.35. The fourth-order valence-electron chi connectivity index (χ4n) is 2.91. The minimum absolute atomic E-state index is 0.193. The molecule has 4 rings (SSSR count). The zero-order valence-electron chi connectivity index (χ0n) is 11.1. The predicted molar refractivity (Wildman–Crippen MR) is 85.5 cm³/mol. The largest absolute Gasteiger partial charge is 0.376 e. The topological polar surface area (TPSA) is 73.6 Å². The molecule has 0 bridgehead atoms. The van der Waals surface area contributed by atoms with E-state index in [1.54, 1.807) is 0 Å². The van der Waals surface area contributed by atoms with E-state index in [0.29, 0.717) is 0 Å². The lowest BCUT2D eigenvalue weighted by Gasteiger charge is -2.16. The molecule has 106 valence electrons. The standard InChI is InChI=1S/C15H13BrN4O/c16-9-6-12-13(20-15(21)19-12)7-11(9)18-10-4-3-8-2-1-5-17-14(8)10/h1-2,5-7,10,18H,3-4H2,(H2,19,20,21). The molecular formula is C15H13BrN4O. The van der Waals surface area contributed by atoms with Gasteiger partial charge in [-0.2, -0.15) is 0 Å². The second-order valence-corrected chi connectivity index (χ2v) is 6.09. The zero-order valence-corrected chi connectivity index (χ0v) is 12.7. The summed E-state index contributed by atoms with van der Waals surface area (Å²) >= 11 is 3.56. The van der Waals surface area contributed by atoms with E-state index in [1.807, 2.05) is 24.4 Å². The van der Waals surface area contributed by atoms with Crippen LogP contribution < -0.4 is 11.0 Å². The lowest BCUT2D eigenvalue weighted by molar-refractivity contribution is 0.745. The van der Waals surface area contributed by atoms with Crippen LogP contribution in [0.25, 0.3) is 11.0 Å². The third-order valence-electron chi connectivity index (χ3n) is 3.89. The van der Waals surface area contributed by atoms with Crippen LogP contribution in [0.2, 0.25) is 0 Å². The van der Waals surface area contributed by atoms with Gasteiger partial charge in [-0.3, -0.25) is 4.98 Å². The van der Waals surface area contributed by atoms with Crippen molar-refractivity contribution in [3.8, 4) is 0 Å². The number of nitrogens with zero attached hydrogens (tertiary/aromatic N) is 1. The summed E-state index contributed by atoms with van der Waals surface area (Å²) in [6, 6.07) is 8.17. The Morgan fingerprint density at radius 1 is 1.29 bits per heavy atom. The van der Waals surface area contributed by atoms with Crippen LogP contribution in [0.3, 0.4) is 0 Å². The quantitative estimate of drug-likeness (QED) is 0.668. The highest BCUT2D eigenvalue weighted by molar-refractivity contribution is 9.10. The van der Waals surface area contributed by atoms with Crippen molar-refractivity contribution in [3.63, 3.8) is 0 Å². The zero-order chi connectivity index (χ0) is 14.4. The maximum atomic E-state index is 11.4. The van der Waals surface area contributed by atoms with Crippen molar-refractivity contribution < 1.29 is 0 Å². The van der Waals surface area contributed by atoms with Gasteiger partial charge in [0.15, 0.2) is 0 Å². The number of benzene rings is 1. The molecule has 0 radical (unpaired) electrons. The minimum atomic E-state index is -0.193. The van der Waals surface area contributed by atoms with Crippen LogP contribution >= 0.6 is 15.9 Å². The Balaban J connectivity index is 1.72. The SMILES string of the molecule is O=c1[nH]c2cc(Br)c(NC3CCc4cccnc43)cc2[nH]1. The number of pyridine rings is 1. The van der Waals surface area contributed by atoms with Gasteiger partial charge in [0.25, 0.3) is 0 Å². The van der Waals surface area contributed by atoms with Crippen LogP contribution in [-0.2, 0) is 6.42 Å². The molecule has 2 heterocycles. The number of halogens is 1. The Kier molecular flexibility index (Phi) is 2.85. The van der Waals surface area contributed by atoms with Crippen molar-refractivity contribution in [1.82, 2.24) is 15.0 Å². The number of aromatic nitrogens is 3. The maximum absolute atomic E-state index is 11.4. The number of anilines is 1. The van der Waals surface area contributed by atoms with Gasteiger partial charge in [-0.1, -0.05) is 6.07 Å². The monoisotopic (exact) mass is 344 g/mol. The molecule has 1 unspecified atom stereocenters.